The van der Waals surface area contributed by atoms with Gasteiger partial charge in [-0.15, -0.1) is 0 Å². The van der Waals surface area contributed by atoms with Crippen molar-refractivity contribution in [3.63, 3.8) is 0 Å². The topological polar surface area (TPSA) is 81.9 Å². The molecular weight excluding hydrogens is 570 g/mol. The van der Waals surface area contributed by atoms with Crippen molar-refractivity contribution in [3.05, 3.63) is 58.9 Å². The van der Waals surface area contributed by atoms with Crippen molar-refractivity contribution in [2.24, 2.45) is 5.92 Å². The van der Waals surface area contributed by atoms with Crippen LogP contribution in [0.25, 0.3) is 43.8 Å². The maximum absolute atomic E-state index is 17.3. The first-order valence-electron chi connectivity index (χ1n) is 16.2. The van der Waals surface area contributed by atoms with Crippen molar-refractivity contribution < 1.29 is 13.5 Å². The molecule has 3 saturated heterocycles. The molecule has 1 aliphatic carbocycles. The van der Waals surface area contributed by atoms with E-state index in [1.807, 2.05) is 6.07 Å². The molecule has 1 saturated carbocycles. The predicted molar refractivity (Wildman–Crippen MR) is 173 cm³/mol. The number of aryl methyl sites for hydroxylation is 3. The van der Waals surface area contributed by atoms with Gasteiger partial charge in [0.2, 0.25) is 5.88 Å². The number of hydrogen-bond acceptors (Lipinski definition) is 5. The quantitative estimate of drug-likeness (QED) is 0.206. The highest BCUT2D eigenvalue weighted by atomic mass is 19.1. The smallest absolute Gasteiger partial charge is 0.223 e. The molecule has 0 amide bonds. The van der Waals surface area contributed by atoms with E-state index in [1.165, 1.54) is 6.07 Å². The summed E-state index contributed by atoms with van der Waals surface area (Å²) in [5.41, 5.74) is 5.17. The van der Waals surface area contributed by atoms with E-state index in [0.29, 0.717) is 46.5 Å². The number of fused-ring (bicyclic) bond motifs is 5. The fourth-order valence-corrected chi connectivity index (χ4v) is 8.47. The Morgan fingerprint density at radius 1 is 1.16 bits per heavy atom. The monoisotopic (exact) mass is 608 g/mol. The molecule has 7 nitrogen and oxygen atoms in total. The fraction of sp³-hybridized carbons (Fsp3) is 0.444. The van der Waals surface area contributed by atoms with Gasteiger partial charge in [0.1, 0.15) is 17.4 Å². The summed E-state index contributed by atoms with van der Waals surface area (Å²) in [5.74, 6) is 0.224. The highest BCUT2D eigenvalue weighted by molar-refractivity contribution is 6.09. The number of nitrogens with one attached hydrogen (secondary N) is 2. The number of benzene rings is 2. The van der Waals surface area contributed by atoms with Gasteiger partial charge in [-0.05, 0) is 101 Å². The maximum Gasteiger partial charge on any atom is 0.223 e. The predicted octanol–water partition coefficient (Wildman–Crippen LogP) is 7.08. The summed E-state index contributed by atoms with van der Waals surface area (Å²) in [4.78, 5) is 10.4. The van der Waals surface area contributed by atoms with E-state index in [2.05, 4.69) is 52.8 Å². The van der Waals surface area contributed by atoms with Crippen molar-refractivity contribution in [2.75, 3.05) is 20.1 Å². The number of H-pyrrole nitrogens is 1. The number of nitriles is 1. The second-order valence-electron chi connectivity index (χ2n) is 13.5. The zero-order valence-electron chi connectivity index (χ0n) is 26.2. The lowest BCUT2D eigenvalue weighted by atomic mass is 9.79. The number of aromatic nitrogens is 3. The molecule has 2 N–H and O–H groups in total. The zero-order valence-corrected chi connectivity index (χ0v) is 26.2. The Bertz CT molecular complexity index is 2030. The van der Waals surface area contributed by atoms with E-state index < -0.39 is 5.82 Å². The van der Waals surface area contributed by atoms with Crippen LogP contribution in [0.4, 0.5) is 8.78 Å². The Morgan fingerprint density at radius 3 is 2.71 bits per heavy atom. The number of ether oxygens (including phenoxy) is 1. The van der Waals surface area contributed by atoms with Crippen LogP contribution >= 0.6 is 0 Å². The van der Waals surface area contributed by atoms with Crippen LogP contribution in [-0.2, 0) is 6.42 Å². The molecular formula is C36H38F2N6O. The molecule has 232 valence electrons. The van der Waals surface area contributed by atoms with E-state index in [1.54, 1.807) is 19.2 Å². The lowest BCUT2D eigenvalue weighted by molar-refractivity contribution is 0.119. The van der Waals surface area contributed by atoms with Crippen LogP contribution in [-0.4, -0.2) is 57.8 Å². The lowest BCUT2D eigenvalue weighted by Gasteiger charge is -2.37. The van der Waals surface area contributed by atoms with E-state index in [4.69, 9.17) is 9.72 Å². The largest absolute Gasteiger partial charge is 0.472 e. The molecule has 2 bridgehead atoms. The summed E-state index contributed by atoms with van der Waals surface area (Å²) in [7, 11) is 2.13. The van der Waals surface area contributed by atoms with Crippen LogP contribution in [0.2, 0.25) is 0 Å². The molecule has 2 aromatic carbocycles. The molecule has 45 heavy (non-hydrogen) atoms. The summed E-state index contributed by atoms with van der Waals surface area (Å²) in [6.07, 6.45) is 5.56. The van der Waals surface area contributed by atoms with Crippen LogP contribution in [0.3, 0.4) is 0 Å². The van der Waals surface area contributed by atoms with Gasteiger partial charge in [0.25, 0.3) is 0 Å². The van der Waals surface area contributed by atoms with Crippen molar-refractivity contribution in [1.29, 1.82) is 5.26 Å². The first kappa shape index (κ1) is 28.5. The standard InChI is InChI=1S/C36H38F2N6O/c1-18-11-23-26(17-41-28(23)15-27(18)37)31-21(7-5-9-39)13-24-33(32(31)38)42-36(45-20(3)30-8-6-10-43(30)4)25-12-19(2)44(35(24)25)34-22-14-29(34)40-16-22/h11-13,15,17,20,22,29-30,34,40-41H,5-8,10,14,16H2,1-4H3/t20?,22-,29-,30?,34+/m1/s1. The van der Waals surface area contributed by atoms with Crippen LogP contribution < -0.4 is 10.1 Å². The first-order chi connectivity index (χ1) is 21.7. The van der Waals surface area contributed by atoms with E-state index in [0.717, 1.165) is 65.3 Å². The minimum atomic E-state index is -0.444. The third kappa shape index (κ3) is 4.29. The fourth-order valence-electron chi connectivity index (χ4n) is 8.47. The molecule has 0 spiro atoms. The summed E-state index contributed by atoms with van der Waals surface area (Å²) < 4.78 is 40.9. The van der Waals surface area contributed by atoms with Crippen LogP contribution in [0, 0.1) is 42.7 Å². The van der Waals surface area contributed by atoms with Gasteiger partial charge in [-0.25, -0.2) is 13.8 Å². The highest BCUT2D eigenvalue weighted by Gasteiger charge is 2.48. The minimum absolute atomic E-state index is 0.125. The summed E-state index contributed by atoms with van der Waals surface area (Å²) in [6.45, 7) is 7.94. The Balaban J connectivity index is 1.40. The molecule has 2 unspecified atom stereocenters. The van der Waals surface area contributed by atoms with Crippen molar-refractivity contribution in [2.45, 2.75) is 77.1 Å². The third-order valence-electron chi connectivity index (χ3n) is 10.8. The highest BCUT2D eigenvalue weighted by Crippen LogP contribution is 2.49. The number of nitrogens with zero attached hydrogens (tertiary/aromatic N) is 4. The molecule has 5 atom stereocenters. The van der Waals surface area contributed by atoms with E-state index in [-0.39, 0.29) is 35.9 Å². The molecule has 6 heterocycles. The van der Waals surface area contributed by atoms with Gasteiger partial charge in [-0.3, -0.25) is 4.90 Å². The van der Waals surface area contributed by atoms with Crippen molar-refractivity contribution >= 4 is 32.7 Å². The average Bonchev–Trinajstić information content (AvgIpc) is 3.84. The van der Waals surface area contributed by atoms with Crippen LogP contribution in [0.1, 0.15) is 55.5 Å². The van der Waals surface area contributed by atoms with Crippen LogP contribution in [0.15, 0.2) is 30.5 Å². The van der Waals surface area contributed by atoms with E-state index in [9.17, 15) is 9.65 Å². The molecule has 9 heteroatoms. The Labute approximate surface area is 261 Å². The SMILES string of the molecule is Cc1cc2c(-c3c(CCC#N)cc4c(nc(OC(C)C5CCCN5C)c5cc(C)n([C@H]6[C@H]7CN[C@@H]6C7)c54)c3F)c[nH]c2cc1F. The average molecular weight is 609 g/mol. The number of aromatic amines is 1. The Morgan fingerprint density at radius 2 is 2.00 bits per heavy atom. The molecule has 3 aromatic heterocycles. The second kappa shape index (κ2) is 10.5. The number of rotatable bonds is 7. The molecule has 9 rings (SSSR count). The Kier molecular flexibility index (Phi) is 6.66. The number of hydrogen-bond donors (Lipinski definition) is 2. The third-order valence-corrected chi connectivity index (χ3v) is 10.8. The van der Waals surface area contributed by atoms with Crippen molar-refractivity contribution in [3.8, 4) is 23.1 Å². The van der Waals surface area contributed by atoms with Crippen LogP contribution in [0.5, 0.6) is 5.88 Å². The number of likely N-dealkylation sites (N-methyl/N-ethyl adjacent to an activating group) is 1. The number of likely N-dealkylation sites (tertiary alicyclic amines) is 1. The van der Waals surface area contributed by atoms with Gasteiger partial charge in [0.15, 0.2) is 5.82 Å². The first-order valence-corrected chi connectivity index (χ1v) is 16.2. The minimum Gasteiger partial charge on any atom is -0.472 e. The van der Waals surface area contributed by atoms with Gasteiger partial charge >= 0.3 is 0 Å². The molecule has 0 radical (unpaired) electrons. The zero-order chi connectivity index (χ0) is 31.1. The second-order valence-corrected chi connectivity index (χ2v) is 13.5. The Hall–Kier alpha value is -4.00. The van der Waals surface area contributed by atoms with Crippen molar-refractivity contribution in [1.82, 2.24) is 24.8 Å². The van der Waals surface area contributed by atoms with Gasteiger partial charge in [-0.1, -0.05) is 0 Å². The van der Waals surface area contributed by atoms with Gasteiger partial charge < -0.3 is 19.6 Å². The summed E-state index contributed by atoms with van der Waals surface area (Å²) in [5, 5.41) is 15.6. The lowest BCUT2D eigenvalue weighted by Crippen LogP contribution is -2.39. The number of pyridine rings is 1. The normalized spacial score (nSPS) is 23.7. The van der Waals surface area contributed by atoms with E-state index >= 15 is 4.39 Å². The molecule has 4 fully saturated rings. The molecule has 3 aliphatic heterocycles. The molecule has 4 aliphatic rings. The van der Waals surface area contributed by atoms with Gasteiger partial charge in [0, 0.05) is 64.4 Å². The summed E-state index contributed by atoms with van der Waals surface area (Å²) in [6, 6.07) is 10.6. The van der Waals surface area contributed by atoms with Gasteiger partial charge in [0.05, 0.1) is 23.0 Å². The summed E-state index contributed by atoms with van der Waals surface area (Å²) >= 11 is 0. The molecule has 5 aromatic rings. The maximum atomic E-state index is 17.3. The number of halogens is 2. The van der Waals surface area contributed by atoms with Gasteiger partial charge in [-0.2, -0.15) is 5.26 Å².